The maximum absolute atomic E-state index is 13.7. The van der Waals surface area contributed by atoms with Crippen molar-refractivity contribution in [3.05, 3.63) is 41.9 Å². The number of carbonyl (C=O) groups excluding carboxylic acids is 2. The molecule has 1 aliphatic heterocycles. The van der Waals surface area contributed by atoms with Gasteiger partial charge in [0.05, 0.1) is 5.69 Å². The van der Waals surface area contributed by atoms with Crippen LogP contribution in [0.2, 0.25) is 0 Å². The standard InChI is InChI=1S/C20H24FN3O2/c21-15-4-1-2-5-16(15)23-19(26)22-13-20-10-3-6-17(20)24(12-14-7-8-14)18(25)9-11-20/h1-2,4-6,14H,3,7-13H2,(H2,22,23,26). The molecule has 0 radical (unpaired) electrons. The Kier molecular flexibility index (Phi) is 4.42. The van der Waals surface area contributed by atoms with E-state index in [0.717, 1.165) is 31.5 Å². The fourth-order valence-electron chi connectivity index (χ4n) is 4.10. The molecule has 0 aromatic heterocycles. The van der Waals surface area contributed by atoms with Crippen LogP contribution in [0.15, 0.2) is 36.0 Å². The Bertz CT molecular complexity index is 759. The van der Waals surface area contributed by atoms with Gasteiger partial charge in [-0.2, -0.15) is 0 Å². The predicted octanol–water partition coefficient (Wildman–Crippen LogP) is 3.64. The summed E-state index contributed by atoms with van der Waals surface area (Å²) in [5, 5.41) is 5.46. The molecule has 6 heteroatoms. The highest BCUT2D eigenvalue weighted by Gasteiger charge is 2.46. The minimum atomic E-state index is -0.457. The van der Waals surface area contributed by atoms with Crippen LogP contribution in [-0.4, -0.2) is 29.9 Å². The van der Waals surface area contributed by atoms with E-state index in [1.807, 2.05) is 4.90 Å². The van der Waals surface area contributed by atoms with Gasteiger partial charge in [0.25, 0.3) is 0 Å². The van der Waals surface area contributed by atoms with Crippen LogP contribution >= 0.6 is 0 Å². The first-order valence-electron chi connectivity index (χ1n) is 9.38. The molecule has 5 nitrogen and oxygen atoms in total. The van der Waals surface area contributed by atoms with Crippen molar-refractivity contribution in [1.82, 2.24) is 10.2 Å². The first kappa shape index (κ1) is 17.1. The number of para-hydroxylation sites is 1. The van der Waals surface area contributed by atoms with Crippen LogP contribution in [0.5, 0.6) is 0 Å². The average molecular weight is 357 g/mol. The molecule has 138 valence electrons. The van der Waals surface area contributed by atoms with Gasteiger partial charge in [0, 0.05) is 30.6 Å². The van der Waals surface area contributed by atoms with Gasteiger partial charge >= 0.3 is 6.03 Å². The van der Waals surface area contributed by atoms with Crippen molar-refractivity contribution in [1.29, 1.82) is 0 Å². The lowest BCUT2D eigenvalue weighted by Crippen LogP contribution is -2.49. The summed E-state index contributed by atoms with van der Waals surface area (Å²) in [5.41, 5.74) is 1.08. The summed E-state index contributed by atoms with van der Waals surface area (Å²) in [6.45, 7) is 1.28. The van der Waals surface area contributed by atoms with Gasteiger partial charge in [-0.15, -0.1) is 0 Å². The number of likely N-dealkylation sites (tertiary alicyclic amines) is 1. The van der Waals surface area contributed by atoms with Crippen molar-refractivity contribution in [3.63, 3.8) is 0 Å². The highest BCUT2D eigenvalue weighted by atomic mass is 19.1. The molecule has 26 heavy (non-hydrogen) atoms. The van der Waals surface area contributed by atoms with Gasteiger partial charge in [-0.05, 0) is 50.2 Å². The molecule has 1 heterocycles. The molecule has 4 rings (SSSR count). The molecule has 2 N–H and O–H groups in total. The number of hydrogen-bond donors (Lipinski definition) is 2. The Labute approximate surface area is 152 Å². The number of nitrogens with zero attached hydrogens (tertiary/aromatic N) is 1. The minimum Gasteiger partial charge on any atom is -0.337 e. The second-order valence-corrected chi connectivity index (χ2v) is 7.64. The van der Waals surface area contributed by atoms with Gasteiger partial charge < -0.3 is 15.5 Å². The van der Waals surface area contributed by atoms with Crippen LogP contribution in [0.25, 0.3) is 0 Å². The number of halogens is 1. The summed E-state index contributed by atoms with van der Waals surface area (Å²) >= 11 is 0. The number of nitrogens with one attached hydrogen (secondary N) is 2. The molecule has 2 aliphatic carbocycles. The number of amides is 3. The maximum atomic E-state index is 13.7. The average Bonchev–Trinajstić information content (AvgIpc) is 3.35. The third kappa shape index (κ3) is 3.32. The van der Waals surface area contributed by atoms with Crippen molar-refractivity contribution in [2.45, 2.75) is 38.5 Å². The summed E-state index contributed by atoms with van der Waals surface area (Å²) < 4.78 is 13.7. The second kappa shape index (κ2) is 6.74. The molecular formula is C20H24FN3O2. The molecule has 2 fully saturated rings. The molecule has 1 aromatic rings. The number of anilines is 1. The smallest absolute Gasteiger partial charge is 0.319 e. The summed E-state index contributed by atoms with van der Waals surface area (Å²) in [6.07, 6.45) is 7.73. The van der Waals surface area contributed by atoms with Crippen LogP contribution < -0.4 is 10.6 Å². The molecule has 1 saturated heterocycles. The number of hydrogen-bond acceptors (Lipinski definition) is 2. The Morgan fingerprint density at radius 2 is 2.08 bits per heavy atom. The number of rotatable bonds is 5. The zero-order chi connectivity index (χ0) is 18.1. The van der Waals surface area contributed by atoms with E-state index in [-0.39, 0.29) is 17.0 Å². The molecule has 1 unspecified atom stereocenters. The van der Waals surface area contributed by atoms with E-state index in [9.17, 15) is 14.0 Å². The van der Waals surface area contributed by atoms with Crippen molar-refractivity contribution >= 4 is 17.6 Å². The van der Waals surface area contributed by atoms with E-state index in [1.165, 1.54) is 25.0 Å². The summed E-state index contributed by atoms with van der Waals surface area (Å²) in [4.78, 5) is 26.6. The summed E-state index contributed by atoms with van der Waals surface area (Å²) in [6, 6.07) is 5.69. The molecule has 1 aromatic carbocycles. The minimum absolute atomic E-state index is 0.166. The Morgan fingerprint density at radius 3 is 2.85 bits per heavy atom. The monoisotopic (exact) mass is 357 g/mol. The van der Waals surface area contributed by atoms with E-state index in [1.54, 1.807) is 12.1 Å². The Hall–Kier alpha value is -2.37. The SMILES string of the molecule is O=C(NCC12CCC=C1N(CC1CC1)C(=O)CC2)Nc1ccccc1F. The summed E-state index contributed by atoms with van der Waals surface area (Å²) in [5.74, 6) is 0.381. The van der Waals surface area contributed by atoms with Crippen LogP contribution in [0.1, 0.15) is 38.5 Å². The normalized spacial score (nSPS) is 24.9. The van der Waals surface area contributed by atoms with Crippen molar-refractivity contribution < 1.29 is 14.0 Å². The Morgan fingerprint density at radius 1 is 1.27 bits per heavy atom. The first-order valence-corrected chi connectivity index (χ1v) is 9.38. The van der Waals surface area contributed by atoms with Crippen molar-refractivity contribution in [2.24, 2.45) is 11.3 Å². The number of urea groups is 1. The third-order valence-electron chi connectivity index (χ3n) is 5.76. The zero-order valence-corrected chi connectivity index (χ0v) is 14.8. The van der Waals surface area contributed by atoms with E-state index in [2.05, 4.69) is 16.7 Å². The molecule has 3 aliphatic rings. The van der Waals surface area contributed by atoms with E-state index >= 15 is 0 Å². The fourth-order valence-corrected chi connectivity index (χ4v) is 4.10. The first-order chi connectivity index (χ1) is 12.6. The molecule has 3 amide bonds. The van der Waals surface area contributed by atoms with Crippen LogP contribution in [0, 0.1) is 17.2 Å². The summed E-state index contributed by atoms with van der Waals surface area (Å²) in [7, 11) is 0. The van der Waals surface area contributed by atoms with Gasteiger partial charge in [0.1, 0.15) is 5.82 Å². The fraction of sp³-hybridized carbons (Fsp3) is 0.500. The van der Waals surface area contributed by atoms with Crippen LogP contribution in [-0.2, 0) is 4.79 Å². The molecular weight excluding hydrogens is 333 g/mol. The maximum Gasteiger partial charge on any atom is 0.319 e. The quantitative estimate of drug-likeness (QED) is 0.845. The van der Waals surface area contributed by atoms with Gasteiger partial charge in [-0.3, -0.25) is 4.79 Å². The van der Waals surface area contributed by atoms with Crippen molar-refractivity contribution in [2.75, 3.05) is 18.4 Å². The molecule has 1 saturated carbocycles. The topological polar surface area (TPSA) is 61.4 Å². The zero-order valence-electron chi connectivity index (χ0n) is 14.8. The number of carbonyl (C=O) groups is 2. The van der Waals surface area contributed by atoms with E-state index in [4.69, 9.17) is 0 Å². The Balaban J connectivity index is 1.41. The van der Waals surface area contributed by atoms with E-state index in [0.29, 0.717) is 18.9 Å². The van der Waals surface area contributed by atoms with E-state index < -0.39 is 11.8 Å². The number of piperidine rings is 1. The number of allylic oxidation sites excluding steroid dienone is 1. The lowest BCUT2D eigenvalue weighted by molar-refractivity contribution is -0.133. The second-order valence-electron chi connectivity index (χ2n) is 7.64. The van der Waals surface area contributed by atoms with Gasteiger partial charge in [-0.1, -0.05) is 18.2 Å². The molecule has 0 bridgehead atoms. The number of benzene rings is 1. The number of fused-ring (bicyclic) bond motifs is 1. The highest BCUT2D eigenvalue weighted by Crippen LogP contribution is 2.48. The molecule has 0 spiro atoms. The van der Waals surface area contributed by atoms with Crippen molar-refractivity contribution in [3.8, 4) is 0 Å². The lowest BCUT2D eigenvalue weighted by atomic mass is 9.76. The van der Waals surface area contributed by atoms with Gasteiger partial charge in [-0.25, -0.2) is 9.18 Å². The third-order valence-corrected chi connectivity index (χ3v) is 5.76. The highest BCUT2D eigenvalue weighted by molar-refractivity contribution is 5.89. The van der Waals surface area contributed by atoms with Gasteiger partial charge in [0.2, 0.25) is 5.91 Å². The predicted molar refractivity (Wildman–Crippen MR) is 96.8 cm³/mol. The largest absolute Gasteiger partial charge is 0.337 e. The van der Waals surface area contributed by atoms with Gasteiger partial charge in [0.15, 0.2) is 0 Å². The molecule has 1 atom stereocenters. The lowest BCUT2D eigenvalue weighted by Gasteiger charge is -2.42. The van der Waals surface area contributed by atoms with Crippen LogP contribution in [0.4, 0.5) is 14.9 Å². The van der Waals surface area contributed by atoms with Crippen LogP contribution in [0.3, 0.4) is 0 Å².